The van der Waals surface area contributed by atoms with Crippen LogP contribution in [0.3, 0.4) is 0 Å². The maximum atomic E-state index is 13.6. The number of amides is 2. The van der Waals surface area contributed by atoms with Crippen molar-refractivity contribution in [2.45, 2.75) is 85.9 Å². The van der Waals surface area contributed by atoms with Gasteiger partial charge in [0.2, 0.25) is 21.8 Å². The number of carbonyl (C=O) groups excluding carboxylic acids is 2. The molecule has 1 unspecified atom stereocenters. The van der Waals surface area contributed by atoms with Crippen molar-refractivity contribution in [3.8, 4) is 0 Å². The van der Waals surface area contributed by atoms with Gasteiger partial charge in [0, 0.05) is 25.0 Å². The van der Waals surface area contributed by atoms with E-state index in [1.807, 2.05) is 90.9 Å². The molecular weight excluding hydrogens is 486 g/mol. The number of benzene rings is 2. The summed E-state index contributed by atoms with van der Waals surface area (Å²) in [5.41, 5.74) is 4.14. The number of hydrogen-bond acceptors (Lipinski definition) is 4. The number of rotatable bonds is 11. The fourth-order valence-electron chi connectivity index (χ4n) is 4.44. The van der Waals surface area contributed by atoms with Crippen LogP contribution in [0, 0.1) is 20.8 Å². The SMILES string of the molecule is CCC(C(=O)NC(C)(C)C)N(Cc1ccccc1C)C(=O)CCCN(c1cc(C)cc(C)c1)S(C)(=O)=O. The number of nitrogens with zero attached hydrogens (tertiary/aromatic N) is 2. The van der Waals surface area contributed by atoms with Crippen LogP contribution >= 0.6 is 0 Å². The van der Waals surface area contributed by atoms with Crippen molar-refractivity contribution in [1.29, 1.82) is 0 Å². The zero-order chi connectivity index (χ0) is 28.0. The molecule has 0 fully saturated rings. The lowest BCUT2D eigenvalue weighted by atomic mass is 10.0. The summed E-state index contributed by atoms with van der Waals surface area (Å²) in [7, 11) is -3.53. The molecule has 0 aromatic heterocycles. The van der Waals surface area contributed by atoms with E-state index < -0.39 is 21.6 Å². The zero-order valence-corrected chi connectivity index (χ0v) is 24.4. The Hall–Kier alpha value is -2.87. The normalized spacial score (nSPS) is 12.6. The van der Waals surface area contributed by atoms with Crippen LogP contribution in [0.2, 0.25) is 0 Å². The first kappa shape index (κ1) is 30.4. The summed E-state index contributed by atoms with van der Waals surface area (Å²) in [6.07, 6.45) is 2.11. The van der Waals surface area contributed by atoms with Gasteiger partial charge in [0.15, 0.2) is 0 Å². The van der Waals surface area contributed by atoms with Gasteiger partial charge in [0.05, 0.1) is 11.9 Å². The van der Waals surface area contributed by atoms with E-state index in [0.717, 1.165) is 22.3 Å². The fourth-order valence-corrected chi connectivity index (χ4v) is 5.39. The van der Waals surface area contributed by atoms with Gasteiger partial charge >= 0.3 is 0 Å². The Kier molecular flexibility index (Phi) is 10.3. The quantitative estimate of drug-likeness (QED) is 0.449. The van der Waals surface area contributed by atoms with E-state index in [1.54, 1.807) is 4.90 Å². The van der Waals surface area contributed by atoms with E-state index in [2.05, 4.69) is 5.32 Å². The van der Waals surface area contributed by atoms with Gasteiger partial charge in [-0.3, -0.25) is 13.9 Å². The van der Waals surface area contributed by atoms with Gasteiger partial charge in [-0.1, -0.05) is 37.3 Å². The molecule has 0 bridgehead atoms. The molecular formula is C29H43N3O4S. The van der Waals surface area contributed by atoms with Crippen molar-refractivity contribution in [2.24, 2.45) is 0 Å². The molecule has 1 N–H and O–H groups in total. The molecule has 1 atom stereocenters. The van der Waals surface area contributed by atoms with E-state index in [4.69, 9.17) is 0 Å². The number of aryl methyl sites for hydroxylation is 3. The Morgan fingerprint density at radius 2 is 1.59 bits per heavy atom. The van der Waals surface area contributed by atoms with Gasteiger partial charge in [-0.15, -0.1) is 0 Å². The molecule has 0 radical (unpaired) electrons. The largest absolute Gasteiger partial charge is 0.350 e. The third-order valence-electron chi connectivity index (χ3n) is 6.13. The summed E-state index contributed by atoms with van der Waals surface area (Å²) in [6.45, 7) is 14.0. The van der Waals surface area contributed by atoms with Crippen LogP contribution < -0.4 is 9.62 Å². The standard InChI is InChI=1S/C29H43N3O4S/c1-9-26(28(34)30-29(5,6)7)31(20-24-14-11-10-13-23(24)4)27(33)15-12-16-32(37(8,35)36)25-18-21(2)17-22(3)19-25/h10-11,13-14,17-19,26H,9,12,15-16,20H2,1-8H3,(H,30,34). The van der Waals surface area contributed by atoms with E-state index in [1.165, 1.54) is 10.6 Å². The van der Waals surface area contributed by atoms with Gasteiger partial charge in [-0.05, 0) is 88.8 Å². The first-order valence-electron chi connectivity index (χ1n) is 12.8. The van der Waals surface area contributed by atoms with Crippen LogP contribution in [-0.4, -0.2) is 49.5 Å². The molecule has 37 heavy (non-hydrogen) atoms. The molecule has 204 valence electrons. The minimum Gasteiger partial charge on any atom is -0.350 e. The summed E-state index contributed by atoms with van der Waals surface area (Å²) in [6, 6.07) is 12.9. The highest BCUT2D eigenvalue weighted by molar-refractivity contribution is 7.92. The van der Waals surface area contributed by atoms with Crippen LogP contribution in [0.25, 0.3) is 0 Å². The van der Waals surface area contributed by atoms with Crippen molar-refractivity contribution in [3.63, 3.8) is 0 Å². The molecule has 0 saturated carbocycles. The van der Waals surface area contributed by atoms with Gasteiger partial charge < -0.3 is 10.2 Å². The lowest BCUT2D eigenvalue weighted by Gasteiger charge is -2.33. The molecule has 0 aliphatic rings. The summed E-state index contributed by atoms with van der Waals surface area (Å²) >= 11 is 0. The van der Waals surface area contributed by atoms with Crippen molar-refractivity contribution in [2.75, 3.05) is 17.1 Å². The number of anilines is 1. The molecule has 0 spiro atoms. The highest BCUT2D eigenvalue weighted by Crippen LogP contribution is 2.23. The third-order valence-corrected chi connectivity index (χ3v) is 7.33. The molecule has 8 heteroatoms. The molecule has 0 aliphatic carbocycles. The topological polar surface area (TPSA) is 86.8 Å². The highest BCUT2D eigenvalue weighted by Gasteiger charge is 2.31. The predicted octanol–water partition coefficient (Wildman–Crippen LogP) is 4.88. The molecule has 2 aromatic rings. The molecule has 7 nitrogen and oxygen atoms in total. The minimum atomic E-state index is -3.53. The summed E-state index contributed by atoms with van der Waals surface area (Å²) in [5.74, 6) is -0.363. The van der Waals surface area contributed by atoms with Crippen molar-refractivity contribution >= 4 is 27.5 Å². The fraction of sp³-hybridized carbons (Fsp3) is 0.517. The minimum absolute atomic E-state index is 0.127. The van der Waals surface area contributed by atoms with Crippen LogP contribution in [0.15, 0.2) is 42.5 Å². The molecule has 2 rings (SSSR count). The monoisotopic (exact) mass is 529 g/mol. The molecule has 0 aliphatic heterocycles. The van der Waals surface area contributed by atoms with E-state index >= 15 is 0 Å². The summed E-state index contributed by atoms with van der Waals surface area (Å²) in [5, 5.41) is 3.01. The van der Waals surface area contributed by atoms with Gasteiger partial charge in [0.1, 0.15) is 6.04 Å². The van der Waals surface area contributed by atoms with Gasteiger partial charge in [0.25, 0.3) is 0 Å². The maximum absolute atomic E-state index is 13.6. The van der Waals surface area contributed by atoms with Gasteiger partial charge in [-0.25, -0.2) is 8.42 Å². The summed E-state index contributed by atoms with van der Waals surface area (Å²) in [4.78, 5) is 28.4. The lowest BCUT2D eigenvalue weighted by molar-refractivity contribution is -0.142. The van der Waals surface area contributed by atoms with E-state index in [-0.39, 0.29) is 24.8 Å². The second-order valence-electron chi connectivity index (χ2n) is 10.9. The number of nitrogens with one attached hydrogen (secondary N) is 1. The molecule has 0 heterocycles. The average molecular weight is 530 g/mol. The van der Waals surface area contributed by atoms with Crippen LogP contribution in [-0.2, 0) is 26.2 Å². The Bertz CT molecular complexity index is 1180. The van der Waals surface area contributed by atoms with Crippen molar-refractivity contribution in [1.82, 2.24) is 10.2 Å². The van der Waals surface area contributed by atoms with Crippen molar-refractivity contribution in [3.05, 3.63) is 64.7 Å². The molecule has 0 saturated heterocycles. The van der Waals surface area contributed by atoms with Crippen LogP contribution in [0.4, 0.5) is 5.69 Å². The number of sulfonamides is 1. The average Bonchev–Trinajstić information content (AvgIpc) is 2.74. The third kappa shape index (κ3) is 9.18. The first-order valence-corrected chi connectivity index (χ1v) is 14.7. The second kappa shape index (κ2) is 12.6. The van der Waals surface area contributed by atoms with Crippen molar-refractivity contribution < 1.29 is 18.0 Å². The number of carbonyl (C=O) groups is 2. The Balaban J connectivity index is 2.28. The van der Waals surface area contributed by atoms with Crippen LogP contribution in [0.5, 0.6) is 0 Å². The second-order valence-corrected chi connectivity index (χ2v) is 12.8. The zero-order valence-electron chi connectivity index (χ0n) is 23.6. The number of hydrogen-bond donors (Lipinski definition) is 1. The molecule has 2 amide bonds. The molecule has 2 aromatic carbocycles. The maximum Gasteiger partial charge on any atom is 0.243 e. The Labute approximate surface area is 223 Å². The van der Waals surface area contributed by atoms with Crippen LogP contribution in [0.1, 0.15) is 69.2 Å². The first-order chi connectivity index (χ1) is 17.1. The lowest BCUT2D eigenvalue weighted by Crippen LogP contribution is -2.53. The van der Waals surface area contributed by atoms with E-state index in [0.29, 0.717) is 25.1 Å². The highest BCUT2D eigenvalue weighted by atomic mass is 32.2. The Morgan fingerprint density at radius 1 is 1.00 bits per heavy atom. The van der Waals surface area contributed by atoms with Gasteiger partial charge in [-0.2, -0.15) is 0 Å². The smallest absolute Gasteiger partial charge is 0.243 e. The summed E-state index contributed by atoms with van der Waals surface area (Å²) < 4.78 is 26.6. The van der Waals surface area contributed by atoms with E-state index in [9.17, 15) is 18.0 Å². The predicted molar refractivity (Wildman–Crippen MR) is 151 cm³/mol. The Morgan fingerprint density at radius 3 is 2.11 bits per heavy atom.